The minimum Gasteiger partial charge on any atom is -0.456 e. The Hall–Kier alpha value is -10.2. The van der Waals surface area contributed by atoms with Crippen LogP contribution in [0.1, 0.15) is 0 Å². The number of para-hydroxylation sites is 3. The smallest absolute Gasteiger partial charge is 0.164 e. The van der Waals surface area contributed by atoms with Crippen molar-refractivity contribution in [3.63, 3.8) is 0 Å². The first kappa shape index (κ1) is 42.5. The molecule has 0 amide bonds. The van der Waals surface area contributed by atoms with E-state index in [1.807, 2.05) is 78.9 Å². The lowest BCUT2D eigenvalue weighted by atomic mass is 9.92. The number of fused-ring (bicyclic) bond motifs is 9. The molecule has 0 N–H and O–H groups in total. The molecule has 0 spiro atoms. The van der Waals surface area contributed by atoms with Gasteiger partial charge in [0.25, 0.3) is 0 Å². The fraction of sp³-hybridized carbons (Fsp3) is 0. The molecule has 0 aliphatic heterocycles. The van der Waals surface area contributed by atoms with Crippen LogP contribution in [0.2, 0.25) is 0 Å². The topological polar surface area (TPSA) is 69.9 Å². The molecule has 4 heterocycles. The Balaban J connectivity index is 0.918. The lowest BCUT2D eigenvalue weighted by Gasteiger charge is -2.16. The van der Waals surface area contributed by atoms with Crippen LogP contribution in [0.25, 0.3) is 150 Å². The highest BCUT2D eigenvalue weighted by Gasteiger charge is 2.22. The van der Waals surface area contributed by atoms with E-state index in [4.69, 9.17) is 23.8 Å². The fourth-order valence-electron chi connectivity index (χ4n) is 11.1. The van der Waals surface area contributed by atoms with Crippen molar-refractivity contribution in [1.29, 1.82) is 0 Å². The molecule has 350 valence electrons. The van der Waals surface area contributed by atoms with Crippen molar-refractivity contribution in [2.45, 2.75) is 0 Å². The van der Waals surface area contributed by atoms with Gasteiger partial charge in [0.1, 0.15) is 22.3 Å². The Kier molecular flexibility index (Phi) is 9.78. The Morgan fingerprint density at radius 3 is 1.45 bits per heavy atom. The number of aromatic nitrogens is 4. The fourth-order valence-corrected chi connectivity index (χ4v) is 11.1. The van der Waals surface area contributed by atoms with E-state index in [1.54, 1.807) is 0 Å². The standard InChI is InChI=1S/C69H42N4O2/c1-4-18-43(19-5-1)47-34-35-61-57(38-47)52-28-10-13-31-60(52)73(61)62-42-65-58(53-29-11-14-32-63(53)74-65)41-55(62)48-25-16-24-46(36-48)51-39-56(66-59(40-51)54-30-12-15-33-64(54)75-66)49-26-17-27-50(37-49)69-71-67(44-20-6-2-7-21-44)70-68(72-69)45-22-8-3-9-23-45/h1-42H. The second kappa shape index (κ2) is 17.3. The molecule has 6 nitrogen and oxygen atoms in total. The van der Waals surface area contributed by atoms with E-state index in [-0.39, 0.29) is 0 Å². The van der Waals surface area contributed by atoms with Crippen molar-refractivity contribution < 1.29 is 8.83 Å². The van der Waals surface area contributed by atoms with Crippen LogP contribution in [0, 0.1) is 0 Å². The molecule has 11 aromatic carbocycles. The maximum Gasteiger partial charge on any atom is 0.164 e. The van der Waals surface area contributed by atoms with Crippen molar-refractivity contribution in [3.05, 3.63) is 255 Å². The first-order valence-corrected chi connectivity index (χ1v) is 25.2. The molecule has 0 unspecified atom stereocenters. The maximum atomic E-state index is 6.80. The molecule has 0 radical (unpaired) electrons. The highest BCUT2D eigenvalue weighted by molar-refractivity contribution is 6.14. The monoisotopic (exact) mass is 958 g/mol. The zero-order valence-corrected chi connectivity index (χ0v) is 40.4. The predicted octanol–water partition coefficient (Wildman–Crippen LogP) is 18.4. The minimum atomic E-state index is 0.590. The van der Waals surface area contributed by atoms with Gasteiger partial charge in [0.2, 0.25) is 0 Å². The first-order valence-electron chi connectivity index (χ1n) is 25.2. The summed E-state index contributed by atoms with van der Waals surface area (Å²) in [5, 5.41) is 6.63. The number of hydrogen-bond donors (Lipinski definition) is 0. The average Bonchev–Trinajstić information content (AvgIpc) is 4.17. The molecule has 6 heteroatoms. The SMILES string of the molecule is c1ccc(-c2ccc3c(c2)c2ccccc2n3-c2cc3oc4ccccc4c3cc2-c2cccc(-c3cc(-c4cccc(-c5nc(-c6ccccc6)nc(-c6ccccc6)n5)c4)c4oc5ccccc5c4c3)c2)cc1. The number of hydrogen-bond acceptors (Lipinski definition) is 5. The molecule has 0 fully saturated rings. The summed E-state index contributed by atoms with van der Waals surface area (Å²) in [7, 11) is 0. The molecule has 0 aliphatic carbocycles. The Morgan fingerprint density at radius 2 is 0.747 bits per heavy atom. The Bertz CT molecular complexity index is 4650. The molecule has 0 aliphatic rings. The van der Waals surface area contributed by atoms with E-state index in [1.165, 1.54) is 21.9 Å². The van der Waals surface area contributed by atoms with Crippen LogP contribution in [0.4, 0.5) is 0 Å². The molecular weight excluding hydrogens is 917 g/mol. The first-order chi connectivity index (χ1) is 37.1. The van der Waals surface area contributed by atoms with Gasteiger partial charge in [-0.2, -0.15) is 0 Å². The lowest BCUT2D eigenvalue weighted by molar-refractivity contribution is 0.668. The number of nitrogens with zero attached hydrogens (tertiary/aromatic N) is 4. The summed E-state index contributed by atoms with van der Waals surface area (Å²) in [4.78, 5) is 15.1. The predicted molar refractivity (Wildman–Crippen MR) is 307 cm³/mol. The normalized spacial score (nSPS) is 11.7. The third-order valence-electron chi connectivity index (χ3n) is 14.6. The summed E-state index contributed by atoms with van der Waals surface area (Å²) in [6.45, 7) is 0. The molecule has 0 atom stereocenters. The summed E-state index contributed by atoms with van der Waals surface area (Å²) in [6, 6.07) is 89.5. The van der Waals surface area contributed by atoms with Crippen LogP contribution in [-0.4, -0.2) is 19.5 Å². The summed E-state index contributed by atoms with van der Waals surface area (Å²) in [5.74, 6) is 1.82. The maximum absolute atomic E-state index is 6.80. The van der Waals surface area contributed by atoms with Crippen molar-refractivity contribution in [2.75, 3.05) is 0 Å². The van der Waals surface area contributed by atoms with Crippen LogP contribution >= 0.6 is 0 Å². The van der Waals surface area contributed by atoms with E-state index >= 15 is 0 Å². The minimum absolute atomic E-state index is 0.590. The molecule has 0 saturated heterocycles. The number of rotatable bonds is 8. The number of furan rings is 2. The second-order valence-corrected chi connectivity index (χ2v) is 19.1. The number of benzene rings is 11. The summed E-state index contributed by atoms with van der Waals surface area (Å²) in [5.41, 5.74) is 18.0. The van der Waals surface area contributed by atoms with Crippen LogP contribution in [0.5, 0.6) is 0 Å². The molecule has 15 rings (SSSR count). The van der Waals surface area contributed by atoms with Crippen LogP contribution in [0.15, 0.2) is 264 Å². The van der Waals surface area contributed by atoms with E-state index in [9.17, 15) is 0 Å². The summed E-state index contributed by atoms with van der Waals surface area (Å²) < 4.78 is 15.9. The van der Waals surface area contributed by atoms with Crippen LogP contribution in [-0.2, 0) is 0 Å². The zero-order chi connectivity index (χ0) is 49.4. The molecular formula is C69H42N4O2. The van der Waals surface area contributed by atoms with Crippen molar-refractivity contribution in [2.24, 2.45) is 0 Å². The van der Waals surface area contributed by atoms with Gasteiger partial charge in [-0.15, -0.1) is 0 Å². The average molecular weight is 959 g/mol. The van der Waals surface area contributed by atoms with Gasteiger partial charge < -0.3 is 13.4 Å². The van der Waals surface area contributed by atoms with Gasteiger partial charge in [-0.05, 0) is 94.0 Å². The molecule has 4 aromatic heterocycles. The highest BCUT2D eigenvalue weighted by atomic mass is 16.3. The molecule has 0 saturated carbocycles. The van der Waals surface area contributed by atoms with Crippen molar-refractivity contribution >= 4 is 65.7 Å². The Morgan fingerprint density at radius 1 is 0.253 bits per heavy atom. The van der Waals surface area contributed by atoms with Gasteiger partial charge in [0.15, 0.2) is 17.5 Å². The Labute approximate surface area is 431 Å². The third kappa shape index (κ3) is 7.22. The third-order valence-corrected chi connectivity index (χ3v) is 14.6. The zero-order valence-electron chi connectivity index (χ0n) is 40.4. The summed E-state index contributed by atoms with van der Waals surface area (Å²) in [6.07, 6.45) is 0. The van der Waals surface area contributed by atoms with E-state index in [0.29, 0.717) is 17.5 Å². The quantitative estimate of drug-likeness (QED) is 0.152. The summed E-state index contributed by atoms with van der Waals surface area (Å²) >= 11 is 0. The lowest BCUT2D eigenvalue weighted by Crippen LogP contribution is -2.00. The van der Waals surface area contributed by atoms with Gasteiger partial charge in [-0.1, -0.05) is 188 Å². The van der Waals surface area contributed by atoms with E-state index in [2.05, 4.69) is 180 Å². The second-order valence-electron chi connectivity index (χ2n) is 19.1. The van der Waals surface area contributed by atoms with Gasteiger partial charge in [0, 0.05) is 66.2 Å². The van der Waals surface area contributed by atoms with Crippen molar-refractivity contribution in [3.8, 4) is 84.4 Å². The molecule has 15 aromatic rings. The van der Waals surface area contributed by atoms with Gasteiger partial charge in [-0.3, -0.25) is 0 Å². The van der Waals surface area contributed by atoms with Gasteiger partial charge in [0.05, 0.1) is 16.7 Å². The van der Waals surface area contributed by atoms with Crippen LogP contribution < -0.4 is 0 Å². The van der Waals surface area contributed by atoms with E-state index < -0.39 is 0 Å². The highest BCUT2D eigenvalue weighted by Crippen LogP contribution is 2.45. The van der Waals surface area contributed by atoms with Crippen molar-refractivity contribution in [1.82, 2.24) is 19.5 Å². The molecule has 75 heavy (non-hydrogen) atoms. The van der Waals surface area contributed by atoms with Gasteiger partial charge >= 0.3 is 0 Å². The van der Waals surface area contributed by atoms with E-state index in [0.717, 1.165) is 111 Å². The largest absolute Gasteiger partial charge is 0.456 e. The van der Waals surface area contributed by atoms with Crippen LogP contribution in [0.3, 0.4) is 0 Å². The molecule has 0 bridgehead atoms. The van der Waals surface area contributed by atoms with Gasteiger partial charge in [-0.25, -0.2) is 15.0 Å².